The van der Waals surface area contributed by atoms with Crippen LogP contribution in [0, 0.1) is 5.92 Å². The molecule has 0 fully saturated rings. The summed E-state index contributed by atoms with van der Waals surface area (Å²) in [5.41, 5.74) is 0.862. The topological polar surface area (TPSA) is 76.2 Å². The quantitative estimate of drug-likeness (QED) is 0.821. The summed E-state index contributed by atoms with van der Waals surface area (Å²) < 4.78 is 5.20. The third kappa shape index (κ3) is 3.64. The van der Waals surface area contributed by atoms with Crippen LogP contribution in [0.1, 0.15) is 32.6 Å². The first kappa shape index (κ1) is 15.6. The van der Waals surface area contributed by atoms with Crippen molar-refractivity contribution in [3.8, 4) is 11.4 Å². The second-order valence-corrected chi connectivity index (χ2v) is 6.17. The predicted molar refractivity (Wildman–Crippen MR) is 81.3 cm³/mol. The Labute approximate surface area is 127 Å². The Morgan fingerprint density at radius 3 is 2.57 bits per heavy atom. The van der Waals surface area contributed by atoms with Crippen molar-refractivity contribution in [1.82, 2.24) is 10.1 Å². The lowest BCUT2D eigenvalue weighted by Gasteiger charge is -2.10. The van der Waals surface area contributed by atoms with Gasteiger partial charge in [0.25, 0.3) is 0 Å². The van der Waals surface area contributed by atoms with Gasteiger partial charge in [0.15, 0.2) is 0 Å². The number of benzene rings is 1. The maximum atomic E-state index is 11.0. The van der Waals surface area contributed by atoms with Crippen LogP contribution in [0.4, 0.5) is 0 Å². The molecule has 0 bridgehead atoms. The van der Waals surface area contributed by atoms with E-state index in [1.807, 2.05) is 24.3 Å². The zero-order valence-corrected chi connectivity index (χ0v) is 13.1. The Morgan fingerprint density at radius 1 is 1.33 bits per heavy atom. The number of carboxylic acids is 1. The number of aromatic nitrogens is 2. The molecule has 6 heteroatoms. The Morgan fingerprint density at radius 2 is 2.00 bits per heavy atom. The van der Waals surface area contributed by atoms with Crippen molar-refractivity contribution in [2.45, 2.75) is 31.6 Å². The molecule has 1 aromatic carbocycles. The average Bonchev–Trinajstić information content (AvgIpc) is 2.96. The van der Waals surface area contributed by atoms with Crippen molar-refractivity contribution >= 4 is 17.7 Å². The molecule has 0 saturated carbocycles. The van der Waals surface area contributed by atoms with E-state index in [2.05, 4.69) is 17.1 Å². The van der Waals surface area contributed by atoms with Gasteiger partial charge in [0, 0.05) is 16.4 Å². The summed E-state index contributed by atoms with van der Waals surface area (Å²) in [6, 6.07) is 7.92. The molecular formula is C15H18N2O3S. The first-order valence-corrected chi connectivity index (χ1v) is 7.81. The molecule has 2 aromatic rings. The SMILES string of the molecule is CCSc1ccc(-c2noc(C(C)C(C)C(=O)O)n2)cc1. The minimum Gasteiger partial charge on any atom is -0.481 e. The molecule has 1 aromatic heterocycles. The van der Waals surface area contributed by atoms with E-state index in [9.17, 15) is 4.79 Å². The summed E-state index contributed by atoms with van der Waals surface area (Å²) in [6.07, 6.45) is 0. The van der Waals surface area contributed by atoms with E-state index in [1.54, 1.807) is 25.6 Å². The lowest BCUT2D eigenvalue weighted by molar-refractivity contribution is -0.141. The zero-order valence-electron chi connectivity index (χ0n) is 12.2. The second-order valence-electron chi connectivity index (χ2n) is 4.83. The molecule has 2 atom stereocenters. The molecule has 1 N–H and O–H groups in total. The van der Waals surface area contributed by atoms with Crippen LogP contribution in [-0.2, 0) is 4.79 Å². The van der Waals surface area contributed by atoms with Gasteiger partial charge in [-0.15, -0.1) is 11.8 Å². The Kier molecular flexibility index (Phi) is 5.01. The van der Waals surface area contributed by atoms with Crippen LogP contribution < -0.4 is 0 Å². The fraction of sp³-hybridized carbons (Fsp3) is 0.400. The molecule has 5 nitrogen and oxygen atoms in total. The standard InChI is InChI=1S/C15H18N2O3S/c1-4-21-12-7-5-11(6-8-12)13-16-14(20-17-13)9(2)10(3)15(18)19/h5-10H,4H2,1-3H3,(H,18,19). The van der Waals surface area contributed by atoms with E-state index in [0.29, 0.717) is 11.7 Å². The van der Waals surface area contributed by atoms with Gasteiger partial charge in [-0.1, -0.05) is 25.9 Å². The van der Waals surface area contributed by atoms with Crippen molar-refractivity contribution in [2.75, 3.05) is 5.75 Å². The van der Waals surface area contributed by atoms with Crippen LogP contribution in [0.25, 0.3) is 11.4 Å². The van der Waals surface area contributed by atoms with E-state index >= 15 is 0 Å². The van der Waals surface area contributed by atoms with Crippen LogP contribution in [0.2, 0.25) is 0 Å². The third-order valence-electron chi connectivity index (χ3n) is 3.39. The van der Waals surface area contributed by atoms with Crippen molar-refractivity contribution in [3.05, 3.63) is 30.2 Å². The Bertz CT molecular complexity index is 610. The lowest BCUT2D eigenvalue weighted by Crippen LogP contribution is -2.16. The molecule has 0 amide bonds. The second kappa shape index (κ2) is 6.76. The van der Waals surface area contributed by atoms with Crippen molar-refractivity contribution in [1.29, 1.82) is 0 Å². The number of thioether (sulfide) groups is 1. The van der Waals surface area contributed by atoms with Crippen LogP contribution >= 0.6 is 11.8 Å². The fourth-order valence-corrected chi connectivity index (χ4v) is 2.49. The molecular weight excluding hydrogens is 288 g/mol. The number of nitrogens with zero attached hydrogens (tertiary/aromatic N) is 2. The van der Waals surface area contributed by atoms with Crippen LogP contribution in [0.15, 0.2) is 33.7 Å². The van der Waals surface area contributed by atoms with Gasteiger partial charge in [-0.2, -0.15) is 4.98 Å². The molecule has 21 heavy (non-hydrogen) atoms. The Balaban J connectivity index is 2.17. The molecule has 0 saturated heterocycles. The van der Waals surface area contributed by atoms with Crippen molar-refractivity contribution in [2.24, 2.45) is 5.92 Å². The smallest absolute Gasteiger partial charge is 0.307 e. The summed E-state index contributed by atoms with van der Waals surface area (Å²) in [6.45, 7) is 5.51. The molecule has 2 unspecified atom stereocenters. The van der Waals surface area contributed by atoms with Gasteiger partial charge in [0.05, 0.1) is 5.92 Å². The summed E-state index contributed by atoms with van der Waals surface area (Å²) in [7, 11) is 0. The highest BCUT2D eigenvalue weighted by Crippen LogP contribution is 2.26. The van der Waals surface area contributed by atoms with Gasteiger partial charge >= 0.3 is 5.97 Å². The monoisotopic (exact) mass is 306 g/mol. The fourth-order valence-electron chi connectivity index (χ4n) is 1.83. The van der Waals surface area contributed by atoms with Gasteiger partial charge in [0.1, 0.15) is 0 Å². The molecule has 0 aliphatic carbocycles. The third-order valence-corrected chi connectivity index (χ3v) is 4.29. The number of hydrogen-bond acceptors (Lipinski definition) is 5. The minimum absolute atomic E-state index is 0.321. The number of carboxylic acid groups (broad SMARTS) is 1. The van der Waals surface area contributed by atoms with Gasteiger partial charge in [-0.05, 0) is 30.0 Å². The maximum Gasteiger partial charge on any atom is 0.307 e. The minimum atomic E-state index is -0.872. The zero-order chi connectivity index (χ0) is 15.4. The summed E-state index contributed by atoms with van der Waals surface area (Å²) >= 11 is 1.77. The highest BCUT2D eigenvalue weighted by atomic mass is 32.2. The average molecular weight is 306 g/mol. The molecule has 2 rings (SSSR count). The van der Waals surface area contributed by atoms with E-state index in [4.69, 9.17) is 9.63 Å². The Hall–Kier alpha value is -1.82. The summed E-state index contributed by atoms with van der Waals surface area (Å²) in [5.74, 6) is 0.105. The highest BCUT2D eigenvalue weighted by molar-refractivity contribution is 7.99. The van der Waals surface area contributed by atoms with Gasteiger partial charge in [-0.3, -0.25) is 4.79 Å². The van der Waals surface area contributed by atoms with Gasteiger partial charge in [-0.25, -0.2) is 0 Å². The van der Waals surface area contributed by atoms with Crippen LogP contribution in [0.3, 0.4) is 0 Å². The normalized spacial score (nSPS) is 13.9. The van der Waals surface area contributed by atoms with Gasteiger partial charge < -0.3 is 9.63 Å². The van der Waals surface area contributed by atoms with Crippen LogP contribution in [-0.4, -0.2) is 27.0 Å². The van der Waals surface area contributed by atoms with Gasteiger partial charge in [0.2, 0.25) is 11.7 Å². The molecule has 112 valence electrons. The molecule has 0 spiro atoms. The molecule has 0 aliphatic heterocycles. The first-order valence-electron chi connectivity index (χ1n) is 6.82. The predicted octanol–water partition coefficient (Wildman–Crippen LogP) is 3.67. The molecule has 0 radical (unpaired) electrons. The number of carbonyl (C=O) groups is 1. The highest BCUT2D eigenvalue weighted by Gasteiger charge is 2.26. The maximum absolute atomic E-state index is 11.0. The van der Waals surface area contributed by atoms with Crippen molar-refractivity contribution in [3.63, 3.8) is 0 Å². The molecule has 0 aliphatic rings. The number of aliphatic carboxylic acids is 1. The van der Waals surface area contributed by atoms with E-state index in [0.717, 1.165) is 11.3 Å². The number of rotatable bonds is 6. The number of hydrogen-bond donors (Lipinski definition) is 1. The van der Waals surface area contributed by atoms with E-state index < -0.39 is 11.9 Å². The van der Waals surface area contributed by atoms with E-state index in [-0.39, 0.29) is 5.92 Å². The molecule has 1 heterocycles. The van der Waals surface area contributed by atoms with Crippen LogP contribution in [0.5, 0.6) is 0 Å². The summed E-state index contributed by atoms with van der Waals surface area (Å²) in [5, 5.41) is 13.0. The van der Waals surface area contributed by atoms with Crippen molar-refractivity contribution < 1.29 is 14.4 Å². The summed E-state index contributed by atoms with van der Waals surface area (Å²) in [4.78, 5) is 16.5. The first-order chi connectivity index (χ1) is 10.0. The van der Waals surface area contributed by atoms with E-state index in [1.165, 1.54) is 4.90 Å². The largest absolute Gasteiger partial charge is 0.481 e. The lowest BCUT2D eigenvalue weighted by atomic mass is 9.96.